The van der Waals surface area contributed by atoms with E-state index < -0.39 is 0 Å². The van der Waals surface area contributed by atoms with Crippen LogP contribution in [-0.4, -0.2) is 17.6 Å². The van der Waals surface area contributed by atoms with E-state index in [2.05, 4.69) is 80.1 Å². The summed E-state index contributed by atoms with van der Waals surface area (Å²) in [5, 5.41) is 3.46. The quantitative estimate of drug-likeness (QED) is 0.729. The lowest BCUT2D eigenvalue weighted by Crippen LogP contribution is -2.27. The predicted molar refractivity (Wildman–Crippen MR) is 105 cm³/mol. The van der Waals surface area contributed by atoms with Gasteiger partial charge in [0.25, 0.3) is 0 Å². The Morgan fingerprint density at radius 2 is 2.08 bits per heavy atom. The Morgan fingerprint density at radius 3 is 2.79 bits per heavy atom. The molecule has 2 heteroatoms. The zero-order valence-corrected chi connectivity index (χ0v) is 15.3. The van der Waals surface area contributed by atoms with E-state index in [9.17, 15) is 0 Å². The van der Waals surface area contributed by atoms with Crippen molar-refractivity contribution >= 4 is 11.6 Å². The van der Waals surface area contributed by atoms with Crippen LogP contribution < -0.4 is 5.32 Å². The molecule has 126 valence electrons. The van der Waals surface area contributed by atoms with Gasteiger partial charge < -0.3 is 5.32 Å². The molecular weight excluding hydrogens is 292 g/mol. The van der Waals surface area contributed by atoms with Crippen LogP contribution in [0.3, 0.4) is 0 Å². The number of hydrogen-bond donors (Lipinski definition) is 1. The average Bonchev–Trinajstić information content (AvgIpc) is 2.54. The van der Waals surface area contributed by atoms with E-state index >= 15 is 0 Å². The molecule has 1 N–H and O–H groups in total. The van der Waals surface area contributed by atoms with Gasteiger partial charge in [-0.25, -0.2) is 0 Å². The van der Waals surface area contributed by atoms with Crippen LogP contribution >= 0.6 is 0 Å². The minimum Gasteiger partial charge on any atom is -0.314 e. The van der Waals surface area contributed by atoms with Gasteiger partial charge in [-0.15, -0.1) is 0 Å². The van der Waals surface area contributed by atoms with Crippen molar-refractivity contribution in [2.75, 3.05) is 6.54 Å². The maximum absolute atomic E-state index is 4.37. The Hall–Kier alpha value is -2.19. The van der Waals surface area contributed by atoms with Gasteiger partial charge in [0.05, 0.1) is 0 Å². The maximum Gasteiger partial charge on any atom is 0.0375 e. The average molecular weight is 320 g/mol. The normalized spacial score (nSPS) is 12.5. The summed E-state index contributed by atoms with van der Waals surface area (Å²) in [6, 6.07) is 11.2. The molecule has 0 aliphatic rings. The summed E-state index contributed by atoms with van der Waals surface area (Å²) in [5.41, 5.74) is 6.95. The van der Waals surface area contributed by atoms with Crippen LogP contribution in [0, 0.1) is 13.8 Å². The van der Waals surface area contributed by atoms with Crippen LogP contribution in [0.25, 0.3) is 11.6 Å². The van der Waals surface area contributed by atoms with Gasteiger partial charge in [-0.3, -0.25) is 4.98 Å². The SMILES string of the molecule is C=C(/C=C\c1cnc(C)cc1C)c1cccc(CC(C)NCC)c1. The Morgan fingerprint density at radius 1 is 1.29 bits per heavy atom. The maximum atomic E-state index is 4.37. The van der Waals surface area contributed by atoms with E-state index in [1.54, 1.807) is 0 Å². The lowest BCUT2D eigenvalue weighted by Gasteiger charge is -2.13. The molecule has 0 amide bonds. The van der Waals surface area contributed by atoms with Gasteiger partial charge in [-0.2, -0.15) is 0 Å². The third kappa shape index (κ3) is 5.17. The number of hydrogen-bond acceptors (Lipinski definition) is 2. The highest BCUT2D eigenvalue weighted by Crippen LogP contribution is 2.19. The third-order valence-electron chi connectivity index (χ3n) is 4.14. The van der Waals surface area contributed by atoms with Gasteiger partial charge in [0, 0.05) is 17.9 Å². The molecule has 2 rings (SSSR count). The number of aromatic nitrogens is 1. The molecule has 0 radical (unpaired) electrons. The van der Waals surface area contributed by atoms with Crippen LogP contribution in [0.1, 0.15) is 41.8 Å². The van der Waals surface area contributed by atoms with Crippen molar-refractivity contribution in [3.63, 3.8) is 0 Å². The fourth-order valence-corrected chi connectivity index (χ4v) is 2.84. The highest BCUT2D eigenvalue weighted by atomic mass is 14.9. The van der Waals surface area contributed by atoms with Crippen LogP contribution in [0.4, 0.5) is 0 Å². The van der Waals surface area contributed by atoms with Crippen molar-refractivity contribution in [1.82, 2.24) is 10.3 Å². The number of pyridine rings is 1. The van der Waals surface area contributed by atoms with Gasteiger partial charge in [0.2, 0.25) is 0 Å². The molecule has 1 aromatic heterocycles. The molecule has 2 nitrogen and oxygen atoms in total. The second kappa shape index (κ2) is 8.60. The van der Waals surface area contributed by atoms with E-state index in [1.165, 1.54) is 16.7 Å². The number of nitrogens with zero attached hydrogens (tertiary/aromatic N) is 1. The third-order valence-corrected chi connectivity index (χ3v) is 4.14. The minimum absolute atomic E-state index is 0.482. The molecule has 1 unspecified atom stereocenters. The summed E-state index contributed by atoms with van der Waals surface area (Å²) in [4.78, 5) is 4.37. The van der Waals surface area contributed by atoms with Crippen molar-refractivity contribution in [2.45, 2.75) is 40.2 Å². The van der Waals surface area contributed by atoms with Gasteiger partial charge in [-0.1, -0.05) is 49.9 Å². The van der Waals surface area contributed by atoms with Gasteiger partial charge in [-0.05, 0) is 67.6 Å². The topological polar surface area (TPSA) is 24.9 Å². The fraction of sp³-hybridized carbons (Fsp3) is 0.318. The first-order valence-electron chi connectivity index (χ1n) is 8.62. The molecular formula is C22H28N2. The molecule has 1 heterocycles. The number of aryl methyl sites for hydroxylation is 2. The van der Waals surface area contributed by atoms with E-state index in [0.717, 1.165) is 29.8 Å². The number of nitrogens with one attached hydrogen (secondary N) is 1. The molecule has 0 fully saturated rings. The predicted octanol–water partition coefficient (Wildman–Crippen LogP) is 4.97. The summed E-state index contributed by atoms with van der Waals surface area (Å²) >= 11 is 0. The van der Waals surface area contributed by atoms with Gasteiger partial charge in [0.1, 0.15) is 0 Å². The molecule has 24 heavy (non-hydrogen) atoms. The zero-order chi connectivity index (χ0) is 17.5. The van der Waals surface area contributed by atoms with Crippen LogP contribution in [0.5, 0.6) is 0 Å². The van der Waals surface area contributed by atoms with E-state index in [-0.39, 0.29) is 0 Å². The second-order valence-corrected chi connectivity index (χ2v) is 6.40. The van der Waals surface area contributed by atoms with Crippen molar-refractivity contribution in [1.29, 1.82) is 0 Å². The largest absolute Gasteiger partial charge is 0.314 e. The minimum atomic E-state index is 0.482. The van der Waals surface area contributed by atoms with Crippen molar-refractivity contribution in [2.24, 2.45) is 0 Å². The summed E-state index contributed by atoms with van der Waals surface area (Å²) in [7, 11) is 0. The number of benzene rings is 1. The summed E-state index contributed by atoms with van der Waals surface area (Å²) < 4.78 is 0. The van der Waals surface area contributed by atoms with Gasteiger partial charge in [0.15, 0.2) is 0 Å². The summed E-state index contributed by atoms with van der Waals surface area (Å²) in [5.74, 6) is 0. The Kier molecular flexibility index (Phi) is 6.51. The number of allylic oxidation sites excluding steroid dienone is 2. The van der Waals surface area contributed by atoms with Gasteiger partial charge >= 0.3 is 0 Å². The molecule has 0 aliphatic carbocycles. The highest BCUT2D eigenvalue weighted by molar-refractivity contribution is 5.77. The monoisotopic (exact) mass is 320 g/mol. The fourth-order valence-electron chi connectivity index (χ4n) is 2.84. The highest BCUT2D eigenvalue weighted by Gasteiger charge is 2.04. The molecule has 2 aromatic rings. The number of likely N-dealkylation sites (N-methyl/N-ethyl adjacent to an activating group) is 1. The van der Waals surface area contributed by atoms with Crippen LogP contribution in [0.15, 0.2) is 49.2 Å². The lowest BCUT2D eigenvalue weighted by molar-refractivity contribution is 0.565. The Labute approximate surface area is 146 Å². The summed E-state index contributed by atoms with van der Waals surface area (Å²) in [6.45, 7) is 13.7. The first kappa shape index (κ1) is 18.2. The van der Waals surface area contributed by atoms with Crippen LogP contribution in [0.2, 0.25) is 0 Å². The Bertz CT molecular complexity index is 728. The first-order valence-corrected chi connectivity index (χ1v) is 8.62. The smallest absolute Gasteiger partial charge is 0.0375 e. The molecule has 0 bridgehead atoms. The standard InChI is InChI=1S/C22H28N2/c1-6-23-19(5)13-20-8-7-9-21(14-20)16(2)10-11-22-15-24-18(4)12-17(22)3/h7-12,14-15,19,23H,2,6,13H2,1,3-5H3/b11-10-. The van der Waals surface area contributed by atoms with Crippen molar-refractivity contribution < 1.29 is 0 Å². The Balaban J connectivity index is 2.10. The summed E-state index contributed by atoms with van der Waals surface area (Å²) in [6.07, 6.45) is 7.12. The molecule has 0 saturated heterocycles. The lowest BCUT2D eigenvalue weighted by atomic mass is 9.99. The van der Waals surface area contributed by atoms with Crippen molar-refractivity contribution in [3.8, 4) is 0 Å². The zero-order valence-electron chi connectivity index (χ0n) is 15.3. The van der Waals surface area contributed by atoms with E-state index in [1.807, 2.05) is 13.1 Å². The first-order chi connectivity index (χ1) is 11.5. The molecule has 0 spiro atoms. The van der Waals surface area contributed by atoms with Crippen molar-refractivity contribution in [3.05, 3.63) is 77.1 Å². The molecule has 0 saturated carbocycles. The van der Waals surface area contributed by atoms with Crippen LogP contribution in [-0.2, 0) is 6.42 Å². The molecule has 0 aliphatic heterocycles. The van der Waals surface area contributed by atoms with E-state index in [4.69, 9.17) is 0 Å². The number of rotatable bonds is 7. The molecule has 1 atom stereocenters. The van der Waals surface area contributed by atoms with E-state index in [0.29, 0.717) is 6.04 Å². The molecule has 1 aromatic carbocycles. The second-order valence-electron chi connectivity index (χ2n) is 6.40.